The summed E-state index contributed by atoms with van der Waals surface area (Å²) >= 11 is 5.65. The quantitative estimate of drug-likeness (QED) is 0.584. The van der Waals surface area contributed by atoms with Gasteiger partial charge in [-0.2, -0.15) is 5.10 Å². The Morgan fingerprint density at radius 3 is 3.07 bits per heavy atom. The molecule has 0 saturated heterocycles. The SMILES string of the molecule is COC(=O)c1cc2n(CCCl)ccn2n1. The summed E-state index contributed by atoms with van der Waals surface area (Å²) in [7, 11) is 1.33. The van der Waals surface area contributed by atoms with E-state index in [1.165, 1.54) is 7.11 Å². The van der Waals surface area contributed by atoms with Crippen LogP contribution in [0.15, 0.2) is 18.5 Å². The maximum Gasteiger partial charge on any atom is 0.358 e. The molecule has 2 aromatic heterocycles. The van der Waals surface area contributed by atoms with E-state index in [0.29, 0.717) is 18.1 Å². The molecule has 0 saturated carbocycles. The zero-order valence-electron chi connectivity index (χ0n) is 8.18. The van der Waals surface area contributed by atoms with Crippen LogP contribution in [0.2, 0.25) is 0 Å². The number of ether oxygens (including phenoxy) is 1. The van der Waals surface area contributed by atoms with Crippen LogP contribution in [0.4, 0.5) is 0 Å². The van der Waals surface area contributed by atoms with Crippen LogP contribution in [0.3, 0.4) is 0 Å². The Morgan fingerprint density at radius 1 is 1.60 bits per heavy atom. The van der Waals surface area contributed by atoms with Crippen LogP contribution < -0.4 is 0 Å². The van der Waals surface area contributed by atoms with Crippen molar-refractivity contribution in [3.05, 3.63) is 24.2 Å². The number of halogens is 1. The molecular formula is C9H10ClN3O2. The van der Waals surface area contributed by atoms with E-state index in [1.807, 2.05) is 10.8 Å². The van der Waals surface area contributed by atoms with Crippen molar-refractivity contribution in [2.24, 2.45) is 0 Å². The molecule has 0 N–H and O–H groups in total. The molecule has 2 aromatic rings. The van der Waals surface area contributed by atoms with E-state index in [-0.39, 0.29) is 0 Å². The van der Waals surface area contributed by atoms with E-state index in [4.69, 9.17) is 11.6 Å². The third-order valence-electron chi connectivity index (χ3n) is 2.12. The van der Waals surface area contributed by atoms with Gasteiger partial charge in [0.2, 0.25) is 0 Å². The highest BCUT2D eigenvalue weighted by Gasteiger charge is 2.12. The number of imidazole rings is 1. The molecule has 0 aliphatic carbocycles. The molecule has 0 aliphatic heterocycles. The Morgan fingerprint density at radius 2 is 2.40 bits per heavy atom. The largest absolute Gasteiger partial charge is 0.464 e. The summed E-state index contributed by atoms with van der Waals surface area (Å²) < 4.78 is 8.13. The molecule has 0 fully saturated rings. The second-order valence-electron chi connectivity index (χ2n) is 3.00. The van der Waals surface area contributed by atoms with Crippen LogP contribution in [-0.2, 0) is 11.3 Å². The molecule has 15 heavy (non-hydrogen) atoms. The van der Waals surface area contributed by atoms with E-state index >= 15 is 0 Å². The van der Waals surface area contributed by atoms with Crippen molar-refractivity contribution in [2.75, 3.05) is 13.0 Å². The van der Waals surface area contributed by atoms with Gasteiger partial charge in [0.05, 0.1) is 7.11 Å². The van der Waals surface area contributed by atoms with Gasteiger partial charge in [0.1, 0.15) is 5.65 Å². The summed E-state index contributed by atoms with van der Waals surface area (Å²) in [4.78, 5) is 11.2. The number of carbonyl (C=O) groups is 1. The first-order valence-corrected chi connectivity index (χ1v) is 4.98. The molecule has 0 radical (unpaired) electrons. The lowest BCUT2D eigenvalue weighted by Crippen LogP contribution is -2.01. The maximum absolute atomic E-state index is 11.2. The van der Waals surface area contributed by atoms with E-state index in [2.05, 4.69) is 9.84 Å². The number of alkyl halides is 1. The van der Waals surface area contributed by atoms with Crippen molar-refractivity contribution in [3.63, 3.8) is 0 Å². The monoisotopic (exact) mass is 227 g/mol. The highest BCUT2D eigenvalue weighted by molar-refractivity contribution is 6.17. The number of fused-ring (bicyclic) bond motifs is 1. The first-order valence-electron chi connectivity index (χ1n) is 4.45. The van der Waals surface area contributed by atoms with E-state index < -0.39 is 5.97 Å². The fourth-order valence-electron chi connectivity index (χ4n) is 1.41. The second kappa shape index (κ2) is 3.94. The van der Waals surface area contributed by atoms with E-state index in [0.717, 1.165) is 5.65 Å². The lowest BCUT2D eigenvalue weighted by atomic mass is 10.4. The van der Waals surface area contributed by atoms with Gasteiger partial charge in [-0.15, -0.1) is 11.6 Å². The van der Waals surface area contributed by atoms with Crippen molar-refractivity contribution in [1.29, 1.82) is 0 Å². The highest BCUT2D eigenvalue weighted by atomic mass is 35.5. The molecule has 2 heterocycles. The van der Waals surface area contributed by atoms with Crippen molar-refractivity contribution < 1.29 is 9.53 Å². The lowest BCUT2D eigenvalue weighted by molar-refractivity contribution is 0.0593. The number of methoxy groups -OCH3 is 1. The molecular weight excluding hydrogens is 218 g/mol. The van der Waals surface area contributed by atoms with Crippen molar-refractivity contribution in [1.82, 2.24) is 14.2 Å². The molecule has 0 aromatic carbocycles. The zero-order chi connectivity index (χ0) is 10.8. The van der Waals surface area contributed by atoms with Crippen LogP contribution in [0.1, 0.15) is 10.5 Å². The topological polar surface area (TPSA) is 48.5 Å². The third-order valence-corrected chi connectivity index (χ3v) is 2.29. The maximum atomic E-state index is 11.2. The normalized spacial score (nSPS) is 10.8. The van der Waals surface area contributed by atoms with Gasteiger partial charge in [-0.05, 0) is 0 Å². The Labute approximate surface area is 91.2 Å². The Bertz CT molecular complexity index is 488. The van der Waals surface area contributed by atoms with Gasteiger partial charge in [0.25, 0.3) is 0 Å². The van der Waals surface area contributed by atoms with Gasteiger partial charge in [0, 0.05) is 30.9 Å². The standard InChI is InChI=1S/C9H10ClN3O2/c1-15-9(14)7-6-8-12(3-2-10)4-5-13(8)11-7/h4-6H,2-3H2,1H3. The minimum Gasteiger partial charge on any atom is -0.464 e. The van der Waals surface area contributed by atoms with Gasteiger partial charge in [-0.25, -0.2) is 9.31 Å². The number of carbonyl (C=O) groups excluding carboxylic acids is 1. The average molecular weight is 228 g/mol. The molecule has 2 rings (SSSR count). The van der Waals surface area contributed by atoms with Gasteiger partial charge < -0.3 is 9.30 Å². The predicted molar refractivity (Wildman–Crippen MR) is 55.2 cm³/mol. The summed E-state index contributed by atoms with van der Waals surface area (Å²) in [5.74, 6) is 0.0828. The van der Waals surface area contributed by atoms with Crippen molar-refractivity contribution in [3.8, 4) is 0 Å². The number of hydrogen-bond acceptors (Lipinski definition) is 3. The smallest absolute Gasteiger partial charge is 0.358 e. The van der Waals surface area contributed by atoms with Gasteiger partial charge in [0.15, 0.2) is 5.69 Å². The molecule has 0 bridgehead atoms. The Hall–Kier alpha value is -1.49. The summed E-state index contributed by atoms with van der Waals surface area (Å²) in [6.07, 6.45) is 3.64. The number of aryl methyl sites for hydroxylation is 1. The Balaban J connectivity index is 2.43. The molecule has 0 aliphatic rings. The number of rotatable bonds is 3. The number of hydrogen-bond donors (Lipinski definition) is 0. The fourth-order valence-corrected chi connectivity index (χ4v) is 1.60. The third kappa shape index (κ3) is 1.70. The minimum atomic E-state index is -0.434. The number of aromatic nitrogens is 3. The van der Waals surface area contributed by atoms with Crippen molar-refractivity contribution in [2.45, 2.75) is 6.54 Å². The average Bonchev–Trinajstić information content (AvgIpc) is 2.79. The van der Waals surface area contributed by atoms with Crippen LogP contribution in [-0.4, -0.2) is 33.1 Å². The fraction of sp³-hybridized carbons (Fsp3) is 0.333. The summed E-state index contributed by atoms with van der Waals surface area (Å²) in [5, 5.41) is 4.06. The van der Waals surface area contributed by atoms with Gasteiger partial charge >= 0.3 is 5.97 Å². The van der Waals surface area contributed by atoms with Crippen molar-refractivity contribution >= 4 is 23.2 Å². The van der Waals surface area contributed by atoms with Gasteiger partial charge in [-0.1, -0.05) is 0 Å². The molecule has 0 spiro atoms. The summed E-state index contributed by atoms with van der Waals surface area (Å²) in [6, 6.07) is 1.68. The number of nitrogens with zero attached hydrogens (tertiary/aromatic N) is 3. The van der Waals surface area contributed by atoms with E-state index in [9.17, 15) is 4.79 Å². The molecule has 6 heteroatoms. The minimum absolute atomic E-state index is 0.302. The molecule has 80 valence electrons. The first-order chi connectivity index (χ1) is 7.26. The lowest BCUT2D eigenvalue weighted by Gasteiger charge is -1.96. The van der Waals surface area contributed by atoms with Crippen LogP contribution in [0.5, 0.6) is 0 Å². The summed E-state index contributed by atoms with van der Waals surface area (Å²) in [5.41, 5.74) is 1.13. The molecule has 5 nitrogen and oxygen atoms in total. The van der Waals surface area contributed by atoms with Crippen LogP contribution >= 0.6 is 11.6 Å². The molecule has 0 amide bonds. The molecule has 0 unspecified atom stereocenters. The van der Waals surface area contributed by atoms with E-state index in [1.54, 1.807) is 16.8 Å². The predicted octanol–water partition coefficient (Wildman–Crippen LogP) is 1.16. The first kappa shape index (κ1) is 10.0. The number of esters is 1. The van der Waals surface area contributed by atoms with Crippen LogP contribution in [0.25, 0.3) is 5.65 Å². The zero-order valence-corrected chi connectivity index (χ0v) is 8.94. The summed E-state index contributed by atoms with van der Waals surface area (Å²) in [6.45, 7) is 0.685. The Kier molecular flexibility index (Phi) is 2.64. The van der Waals surface area contributed by atoms with Crippen LogP contribution in [0, 0.1) is 0 Å². The second-order valence-corrected chi connectivity index (χ2v) is 3.38. The molecule has 0 atom stereocenters. The highest BCUT2D eigenvalue weighted by Crippen LogP contribution is 2.09. The van der Waals surface area contributed by atoms with Gasteiger partial charge in [-0.3, -0.25) is 0 Å².